The van der Waals surface area contributed by atoms with Gasteiger partial charge in [0.2, 0.25) is 0 Å². The topological polar surface area (TPSA) is 96.0 Å². The SMILES string of the molecule is N#CCNC(=O)c1cc(F)c(F)cc1[N+](=O)[O-]. The second kappa shape index (κ2) is 4.98. The van der Waals surface area contributed by atoms with Crippen molar-refractivity contribution in [2.75, 3.05) is 6.54 Å². The Labute approximate surface area is 93.6 Å². The minimum Gasteiger partial charge on any atom is -0.339 e. The lowest BCUT2D eigenvalue weighted by Gasteiger charge is -2.03. The zero-order valence-corrected chi connectivity index (χ0v) is 8.24. The van der Waals surface area contributed by atoms with Crippen molar-refractivity contribution in [2.24, 2.45) is 0 Å². The third kappa shape index (κ3) is 2.72. The van der Waals surface area contributed by atoms with Crippen molar-refractivity contribution in [2.45, 2.75) is 0 Å². The Hall–Kier alpha value is -2.56. The summed E-state index contributed by atoms with van der Waals surface area (Å²) in [6.07, 6.45) is 0. The molecule has 88 valence electrons. The summed E-state index contributed by atoms with van der Waals surface area (Å²) in [5, 5.41) is 20.7. The number of hydrogen-bond acceptors (Lipinski definition) is 4. The van der Waals surface area contributed by atoms with E-state index < -0.39 is 40.3 Å². The Morgan fingerprint density at radius 3 is 2.59 bits per heavy atom. The summed E-state index contributed by atoms with van der Waals surface area (Å²) in [4.78, 5) is 20.9. The molecule has 0 unspecified atom stereocenters. The summed E-state index contributed by atoms with van der Waals surface area (Å²) >= 11 is 0. The number of nitrogens with zero attached hydrogens (tertiary/aromatic N) is 2. The van der Waals surface area contributed by atoms with E-state index in [1.54, 1.807) is 6.07 Å². The zero-order valence-electron chi connectivity index (χ0n) is 8.24. The van der Waals surface area contributed by atoms with Crippen LogP contribution in [0.3, 0.4) is 0 Å². The maximum Gasteiger partial charge on any atom is 0.285 e. The van der Waals surface area contributed by atoms with Crippen LogP contribution in [-0.4, -0.2) is 17.4 Å². The van der Waals surface area contributed by atoms with Crippen molar-refractivity contribution in [1.29, 1.82) is 5.26 Å². The lowest BCUT2D eigenvalue weighted by molar-refractivity contribution is -0.385. The highest BCUT2D eigenvalue weighted by molar-refractivity contribution is 5.98. The van der Waals surface area contributed by atoms with Crippen molar-refractivity contribution in [3.8, 4) is 6.07 Å². The average molecular weight is 241 g/mol. The number of carbonyl (C=O) groups excluding carboxylic acids is 1. The van der Waals surface area contributed by atoms with Crippen LogP contribution >= 0.6 is 0 Å². The molecule has 8 heteroatoms. The van der Waals surface area contributed by atoms with Gasteiger partial charge in [0.25, 0.3) is 11.6 Å². The van der Waals surface area contributed by atoms with Gasteiger partial charge < -0.3 is 5.32 Å². The van der Waals surface area contributed by atoms with E-state index in [-0.39, 0.29) is 0 Å². The Bertz CT molecular complexity index is 525. The third-order valence-electron chi connectivity index (χ3n) is 1.81. The number of nitro groups is 1. The van der Waals surface area contributed by atoms with Crippen LogP contribution in [0.25, 0.3) is 0 Å². The van der Waals surface area contributed by atoms with Gasteiger partial charge in [-0.1, -0.05) is 0 Å². The van der Waals surface area contributed by atoms with Gasteiger partial charge in [0, 0.05) is 0 Å². The molecule has 0 saturated heterocycles. The maximum atomic E-state index is 12.9. The molecule has 1 rings (SSSR count). The predicted molar refractivity (Wildman–Crippen MR) is 51.0 cm³/mol. The van der Waals surface area contributed by atoms with Crippen molar-refractivity contribution in [3.05, 3.63) is 39.4 Å². The molecule has 0 bridgehead atoms. The second-order valence-electron chi connectivity index (χ2n) is 2.88. The molecule has 0 fully saturated rings. The van der Waals surface area contributed by atoms with E-state index >= 15 is 0 Å². The summed E-state index contributed by atoms with van der Waals surface area (Å²) in [7, 11) is 0. The molecule has 1 N–H and O–H groups in total. The fourth-order valence-corrected chi connectivity index (χ4v) is 1.08. The van der Waals surface area contributed by atoms with Crippen LogP contribution in [0, 0.1) is 33.1 Å². The monoisotopic (exact) mass is 241 g/mol. The lowest BCUT2D eigenvalue weighted by Crippen LogP contribution is -2.24. The lowest BCUT2D eigenvalue weighted by atomic mass is 10.1. The Morgan fingerprint density at radius 2 is 2.06 bits per heavy atom. The number of halogens is 2. The maximum absolute atomic E-state index is 12.9. The first-order chi connectivity index (χ1) is 7.97. The molecule has 0 saturated carbocycles. The summed E-state index contributed by atoms with van der Waals surface area (Å²) in [5.74, 6) is -3.82. The van der Waals surface area contributed by atoms with E-state index in [9.17, 15) is 23.7 Å². The quantitative estimate of drug-likeness (QED) is 0.487. The summed E-state index contributed by atoms with van der Waals surface area (Å²) in [6.45, 7) is -0.394. The minimum absolute atomic E-state index is 0.316. The van der Waals surface area contributed by atoms with Gasteiger partial charge in [0.15, 0.2) is 11.6 Å². The predicted octanol–water partition coefficient (Wildman–Crippen LogP) is 1.13. The van der Waals surface area contributed by atoms with Gasteiger partial charge in [-0.3, -0.25) is 14.9 Å². The van der Waals surface area contributed by atoms with Crippen molar-refractivity contribution in [3.63, 3.8) is 0 Å². The van der Waals surface area contributed by atoms with Gasteiger partial charge in [-0.05, 0) is 6.07 Å². The minimum atomic E-state index is -1.42. The summed E-state index contributed by atoms with van der Waals surface area (Å²) in [5.41, 5.74) is -1.50. The first-order valence-corrected chi connectivity index (χ1v) is 4.26. The van der Waals surface area contributed by atoms with Crippen molar-refractivity contribution >= 4 is 11.6 Å². The smallest absolute Gasteiger partial charge is 0.285 e. The highest BCUT2D eigenvalue weighted by atomic mass is 19.2. The van der Waals surface area contributed by atoms with Gasteiger partial charge >= 0.3 is 0 Å². The van der Waals surface area contributed by atoms with E-state index in [1.807, 2.05) is 5.32 Å². The number of benzene rings is 1. The molecule has 1 amide bonds. The Kier molecular flexibility index (Phi) is 3.66. The van der Waals surface area contributed by atoms with Crippen LogP contribution in [0.4, 0.5) is 14.5 Å². The number of hydrogen-bond donors (Lipinski definition) is 1. The number of rotatable bonds is 3. The number of carbonyl (C=O) groups is 1. The van der Waals surface area contributed by atoms with Crippen molar-refractivity contribution in [1.82, 2.24) is 5.32 Å². The summed E-state index contributed by atoms with van der Waals surface area (Å²) in [6, 6.07) is 2.31. The normalized spacial score (nSPS) is 9.47. The largest absolute Gasteiger partial charge is 0.339 e. The van der Waals surface area contributed by atoms with Crippen LogP contribution in [0.15, 0.2) is 12.1 Å². The fraction of sp³-hybridized carbons (Fsp3) is 0.111. The van der Waals surface area contributed by atoms with E-state index in [4.69, 9.17) is 5.26 Å². The fourth-order valence-electron chi connectivity index (χ4n) is 1.08. The van der Waals surface area contributed by atoms with Gasteiger partial charge in [-0.2, -0.15) is 5.26 Å². The Morgan fingerprint density at radius 1 is 1.47 bits per heavy atom. The molecule has 0 aromatic heterocycles. The molecule has 0 atom stereocenters. The molecule has 17 heavy (non-hydrogen) atoms. The first kappa shape index (κ1) is 12.5. The van der Waals surface area contributed by atoms with E-state index in [0.717, 1.165) is 0 Å². The molecule has 0 aliphatic carbocycles. The van der Waals surface area contributed by atoms with Gasteiger partial charge in [-0.15, -0.1) is 0 Å². The number of amides is 1. The third-order valence-corrected chi connectivity index (χ3v) is 1.81. The van der Waals surface area contributed by atoms with Crippen LogP contribution in [0.2, 0.25) is 0 Å². The van der Waals surface area contributed by atoms with E-state index in [0.29, 0.717) is 12.1 Å². The molecule has 0 aliphatic rings. The van der Waals surface area contributed by atoms with Gasteiger partial charge in [-0.25, -0.2) is 8.78 Å². The average Bonchev–Trinajstić information content (AvgIpc) is 2.28. The van der Waals surface area contributed by atoms with Crippen LogP contribution < -0.4 is 5.32 Å². The van der Waals surface area contributed by atoms with Crippen LogP contribution in [0.5, 0.6) is 0 Å². The highest BCUT2D eigenvalue weighted by Gasteiger charge is 2.23. The molecule has 6 nitrogen and oxygen atoms in total. The molecule has 0 aliphatic heterocycles. The molecular weight excluding hydrogens is 236 g/mol. The standard InChI is InChI=1S/C9H5F2N3O3/c10-6-3-5(9(15)13-2-1-12)8(14(16)17)4-7(6)11/h3-4H,2H2,(H,13,15). The van der Waals surface area contributed by atoms with Crippen LogP contribution in [0.1, 0.15) is 10.4 Å². The zero-order chi connectivity index (χ0) is 13.0. The second-order valence-corrected chi connectivity index (χ2v) is 2.88. The molecular formula is C9H5F2N3O3. The molecule has 1 aromatic rings. The van der Waals surface area contributed by atoms with Crippen LogP contribution in [-0.2, 0) is 0 Å². The van der Waals surface area contributed by atoms with E-state index in [2.05, 4.69) is 0 Å². The highest BCUT2D eigenvalue weighted by Crippen LogP contribution is 2.22. The number of nitriles is 1. The molecule has 0 radical (unpaired) electrons. The molecule has 0 heterocycles. The Balaban J connectivity index is 3.22. The molecule has 0 spiro atoms. The van der Waals surface area contributed by atoms with E-state index in [1.165, 1.54) is 0 Å². The van der Waals surface area contributed by atoms with Crippen molar-refractivity contribution < 1.29 is 18.5 Å². The van der Waals surface area contributed by atoms with Gasteiger partial charge in [0.05, 0.1) is 17.1 Å². The summed E-state index contributed by atoms with van der Waals surface area (Å²) < 4.78 is 25.6. The van der Waals surface area contributed by atoms with Gasteiger partial charge in [0.1, 0.15) is 12.1 Å². The first-order valence-electron chi connectivity index (χ1n) is 4.26. The molecule has 1 aromatic carbocycles. The number of nitrogens with one attached hydrogen (secondary N) is 1. The number of nitro benzene ring substituents is 1.